The van der Waals surface area contributed by atoms with Gasteiger partial charge in [-0.2, -0.15) is 0 Å². The van der Waals surface area contributed by atoms with Gasteiger partial charge >= 0.3 is 0 Å². The van der Waals surface area contributed by atoms with Crippen LogP contribution in [-0.4, -0.2) is 30.3 Å². The van der Waals surface area contributed by atoms with Crippen LogP contribution < -0.4 is 0 Å². The average molecular weight is 265 g/mol. The normalized spacial score (nSPS) is 40.8. The van der Waals surface area contributed by atoms with Crippen LogP contribution in [-0.2, 0) is 14.3 Å². The highest BCUT2D eigenvalue weighted by molar-refractivity contribution is 5.88. The molecule has 0 N–H and O–H groups in total. The van der Waals surface area contributed by atoms with E-state index in [4.69, 9.17) is 14.3 Å². The van der Waals surface area contributed by atoms with Gasteiger partial charge in [-0.15, -0.1) is 0 Å². The average Bonchev–Trinajstić information content (AvgIpc) is 3.04. The maximum absolute atomic E-state index is 6.30. The first-order valence-corrected chi connectivity index (χ1v) is 7.91. The second-order valence-electron chi connectivity index (χ2n) is 6.44. The Balaban J connectivity index is 1.44. The molecule has 0 bridgehead atoms. The van der Waals surface area contributed by atoms with Crippen LogP contribution in [0.5, 0.6) is 0 Å². The van der Waals surface area contributed by atoms with Crippen molar-refractivity contribution >= 4 is 5.71 Å². The van der Waals surface area contributed by atoms with Crippen LogP contribution in [0, 0.1) is 5.92 Å². The zero-order chi connectivity index (χ0) is 12.7. The van der Waals surface area contributed by atoms with Gasteiger partial charge in [0.05, 0.1) is 12.3 Å². The Morgan fingerprint density at radius 3 is 2.84 bits per heavy atom. The van der Waals surface area contributed by atoms with Gasteiger partial charge in [0.25, 0.3) is 0 Å². The van der Waals surface area contributed by atoms with E-state index in [0.717, 1.165) is 19.3 Å². The second-order valence-corrected chi connectivity index (χ2v) is 6.44. The predicted molar refractivity (Wildman–Crippen MR) is 70.9 cm³/mol. The molecule has 3 atom stereocenters. The molecular weight excluding hydrogens is 242 g/mol. The summed E-state index contributed by atoms with van der Waals surface area (Å²) in [6, 6.07) is 0. The number of fused-ring (bicyclic) bond motifs is 1. The predicted octanol–water partition coefficient (Wildman–Crippen LogP) is 3.01. The second kappa shape index (κ2) is 4.74. The Morgan fingerprint density at radius 2 is 1.95 bits per heavy atom. The number of hydrogen-bond acceptors (Lipinski definition) is 4. The molecule has 4 nitrogen and oxygen atoms in total. The van der Waals surface area contributed by atoms with Crippen molar-refractivity contribution in [2.45, 2.75) is 75.8 Å². The van der Waals surface area contributed by atoms with Crippen molar-refractivity contribution in [3.05, 3.63) is 0 Å². The zero-order valence-electron chi connectivity index (χ0n) is 11.5. The van der Waals surface area contributed by atoms with Gasteiger partial charge in [-0.05, 0) is 32.1 Å². The Bertz CT molecular complexity index is 376. The Hall–Kier alpha value is -0.610. The molecular formula is C15H23NO3. The van der Waals surface area contributed by atoms with Crippen LogP contribution in [0.4, 0.5) is 0 Å². The van der Waals surface area contributed by atoms with E-state index in [9.17, 15) is 0 Å². The molecule has 0 amide bonds. The third-order valence-electron chi connectivity index (χ3n) is 5.17. The van der Waals surface area contributed by atoms with Gasteiger partial charge in [0, 0.05) is 18.8 Å². The maximum Gasteiger partial charge on any atom is 0.169 e. The number of hydrogen-bond donors (Lipinski definition) is 0. The molecule has 0 unspecified atom stereocenters. The number of ether oxygens (including phenoxy) is 2. The Morgan fingerprint density at radius 1 is 1.05 bits per heavy atom. The van der Waals surface area contributed by atoms with Gasteiger partial charge in [-0.25, -0.2) is 0 Å². The first-order chi connectivity index (χ1) is 9.36. The van der Waals surface area contributed by atoms with E-state index in [1.54, 1.807) is 0 Å². The summed E-state index contributed by atoms with van der Waals surface area (Å²) in [6.07, 6.45) is 10.9. The van der Waals surface area contributed by atoms with E-state index in [1.807, 2.05) is 0 Å². The Labute approximate surface area is 114 Å². The summed E-state index contributed by atoms with van der Waals surface area (Å²) in [5.74, 6) is 0.199. The molecule has 1 saturated heterocycles. The smallest absolute Gasteiger partial charge is 0.169 e. The molecule has 2 aliphatic carbocycles. The summed E-state index contributed by atoms with van der Waals surface area (Å²) in [7, 11) is 0. The van der Waals surface area contributed by atoms with Crippen LogP contribution in [0.2, 0.25) is 0 Å². The van der Waals surface area contributed by atoms with Crippen LogP contribution >= 0.6 is 0 Å². The fourth-order valence-electron chi connectivity index (χ4n) is 4.11. The lowest BCUT2D eigenvalue weighted by Gasteiger charge is -2.33. The Kier molecular flexibility index (Phi) is 3.03. The van der Waals surface area contributed by atoms with Crippen LogP contribution in [0.15, 0.2) is 5.16 Å². The van der Waals surface area contributed by atoms with Gasteiger partial charge in [-0.3, -0.25) is 0 Å². The summed E-state index contributed by atoms with van der Waals surface area (Å²) < 4.78 is 12.3. The van der Waals surface area contributed by atoms with E-state index >= 15 is 0 Å². The molecule has 0 aromatic rings. The first-order valence-electron chi connectivity index (χ1n) is 7.91. The van der Waals surface area contributed by atoms with Crippen molar-refractivity contribution in [2.75, 3.05) is 6.61 Å². The lowest BCUT2D eigenvalue weighted by atomic mass is 9.82. The lowest BCUT2D eigenvalue weighted by molar-refractivity contribution is -0.199. The van der Waals surface area contributed by atoms with Gasteiger partial charge in [0.1, 0.15) is 6.10 Å². The standard InChI is InChI=1S/C15H23NO3/c1-4-8-15(9-5-1)17-10-13(18-15)14-11-6-2-3-7-12(11)16-19-14/h11,13-14H,1-10H2/t11-,13+,14+/m0/s1. The molecule has 4 aliphatic rings. The molecule has 4 heteroatoms. The summed E-state index contributed by atoms with van der Waals surface area (Å²) >= 11 is 0. The zero-order valence-corrected chi connectivity index (χ0v) is 11.5. The minimum absolute atomic E-state index is 0.0856. The maximum atomic E-state index is 6.30. The third-order valence-corrected chi connectivity index (χ3v) is 5.17. The van der Waals surface area contributed by atoms with E-state index in [-0.39, 0.29) is 18.0 Å². The van der Waals surface area contributed by atoms with Crippen molar-refractivity contribution < 1.29 is 14.3 Å². The molecule has 4 rings (SSSR count). The molecule has 19 heavy (non-hydrogen) atoms. The fraction of sp³-hybridized carbons (Fsp3) is 0.933. The van der Waals surface area contributed by atoms with Crippen molar-refractivity contribution in [1.29, 1.82) is 0 Å². The first kappa shape index (κ1) is 12.2. The summed E-state index contributed by atoms with van der Waals surface area (Å²) in [5.41, 5.74) is 1.27. The fourth-order valence-corrected chi connectivity index (χ4v) is 4.11. The third kappa shape index (κ3) is 2.09. The molecule has 106 valence electrons. The molecule has 2 aliphatic heterocycles. The molecule has 0 aromatic carbocycles. The largest absolute Gasteiger partial charge is 0.389 e. The van der Waals surface area contributed by atoms with Crippen molar-refractivity contribution in [3.63, 3.8) is 0 Å². The van der Waals surface area contributed by atoms with Gasteiger partial charge in [-0.1, -0.05) is 18.0 Å². The van der Waals surface area contributed by atoms with Gasteiger partial charge in [0.2, 0.25) is 0 Å². The van der Waals surface area contributed by atoms with Crippen LogP contribution in [0.3, 0.4) is 0 Å². The van der Waals surface area contributed by atoms with E-state index in [2.05, 4.69) is 5.16 Å². The quantitative estimate of drug-likeness (QED) is 0.731. The highest BCUT2D eigenvalue weighted by Gasteiger charge is 2.50. The molecule has 0 radical (unpaired) electrons. The highest BCUT2D eigenvalue weighted by Crippen LogP contribution is 2.42. The summed E-state index contributed by atoms with van der Waals surface area (Å²) in [6.45, 7) is 0.684. The lowest BCUT2D eigenvalue weighted by Crippen LogP contribution is -2.40. The number of rotatable bonds is 1. The molecule has 2 saturated carbocycles. The van der Waals surface area contributed by atoms with Crippen molar-refractivity contribution in [1.82, 2.24) is 0 Å². The number of nitrogens with zero attached hydrogens (tertiary/aromatic N) is 1. The van der Waals surface area contributed by atoms with Crippen LogP contribution in [0.1, 0.15) is 57.8 Å². The SMILES string of the molecule is C1CCC2(CC1)OC[C@H]([C@@H]1ON=C3CCCC[C@@H]31)O2. The van der Waals surface area contributed by atoms with E-state index in [1.165, 1.54) is 44.2 Å². The molecule has 0 aromatic heterocycles. The van der Waals surface area contributed by atoms with Crippen LogP contribution in [0.25, 0.3) is 0 Å². The van der Waals surface area contributed by atoms with E-state index < -0.39 is 0 Å². The minimum Gasteiger partial charge on any atom is -0.389 e. The van der Waals surface area contributed by atoms with Crippen molar-refractivity contribution in [3.8, 4) is 0 Å². The molecule has 3 fully saturated rings. The summed E-state index contributed by atoms with van der Waals surface area (Å²) in [4.78, 5) is 5.70. The molecule has 1 spiro atoms. The topological polar surface area (TPSA) is 40.0 Å². The van der Waals surface area contributed by atoms with Gasteiger partial charge < -0.3 is 14.3 Å². The monoisotopic (exact) mass is 265 g/mol. The van der Waals surface area contributed by atoms with Gasteiger partial charge in [0.15, 0.2) is 11.9 Å². The van der Waals surface area contributed by atoms with Crippen molar-refractivity contribution in [2.24, 2.45) is 11.1 Å². The molecule has 2 heterocycles. The minimum atomic E-state index is -0.288. The highest BCUT2D eigenvalue weighted by atomic mass is 16.8. The number of oxime groups is 1. The summed E-state index contributed by atoms with van der Waals surface area (Å²) in [5, 5.41) is 4.30. The van der Waals surface area contributed by atoms with E-state index in [0.29, 0.717) is 12.5 Å².